The fourth-order valence-electron chi connectivity index (χ4n) is 1.12. The van der Waals surface area contributed by atoms with E-state index in [4.69, 9.17) is 15.8 Å². The molecule has 82 valence electrons. The molecule has 0 aromatic carbocycles. The van der Waals surface area contributed by atoms with Crippen molar-refractivity contribution in [2.75, 3.05) is 13.2 Å². The molecule has 0 saturated carbocycles. The number of hydrogen-bond acceptors (Lipinski definition) is 6. The Morgan fingerprint density at radius 2 is 1.71 bits per heavy atom. The second-order valence-electron chi connectivity index (χ2n) is 2.74. The largest absolute Gasteiger partial charge is 0.513 e. The Kier molecular flexibility index (Phi) is 2.77. The molecule has 0 N–H and O–H groups in total. The van der Waals surface area contributed by atoms with E-state index in [1.165, 1.54) is 0 Å². The highest BCUT2D eigenvalue weighted by Crippen LogP contribution is 2.62. The summed E-state index contributed by atoms with van der Waals surface area (Å²) in [4.78, 5) is 0. The third-order valence-electron chi connectivity index (χ3n) is 1.72. The van der Waals surface area contributed by atoms with Crippen LogP contribution < -0.4 is 0 Å². The van der Waals surface area contributed by atoms with E-state index in [9.17, 15) is 13.3 Å². The predicted octanol–water partition coefficient (Wildman–Crippen LogP) is 2.24. The zero-order valence-corrected chi connectivity index (χ0v) is 9.21. The van der Waals surface area contributed by atoms with E-state index in [1.807, 2.05) is 0 Å². The van der Waals surface area contributed by atoms with E-state index < -0.39 is 27.1 Å². The molecule has 2 fully saturated rings. The molecule has 14 heavy (non-hydrogen) atoms. The summed E-state index contributed by atoms with van der Waals surface area (Å²) >= 11 is 5.30. The van der Waals surface area contributed by atoms with E-state index in [0.717, 1.165) is 0 Å². The molecule has 2 saturated heterocycles. The standard InChI is InChI=1S/C4H6ClFO6P2/c5-13(7)9-1-4-3(11-13)2-10-14(6,8)12-4/h3-4H,1-2H2. The lowest BCUT2D eigenvalue weighted by atomic mass is 10.2. The van der Waals surface area contributed by atoms with Gasteiger partial charge in [0.05, 0.1) is 13.2 Å². The maximum Gasteiger partial charge on any atom is 0.513 e. The summed E-state index contributed by atoms with van der Waals surface area (Å²) in [5, 5.41) is 0. The van der Waals surface area contributed by atoms with Crippen molar-refractivity contribution >= 4 is 26.1 Å². The van der Waals surface area contributed by atoms with Gasteiger partial charge in [-0.1, -0.05) is 0 Å². The van der Waals surface area contributed by atoms with Gasteiger partial charge >= 0.3 is 14.9 Å². The zero-order valence-electron chi connectivity index (χ0n) is 6.67. The minimum absolute atomic E-state index is 0.233. The molecule has 2 heterocycles. The molecule has 0 bridgehead atoms. The normalized spacial score (nSPS) is 53.9. The van der Waals surface area contributed by atoms with E-state index in [0.29, 0.717) is 0 Å². The van der Waals surface area contributed by atoms with Crippen LogP contribution in [0.1, 0.15) is 0 Å². The van der Waals surface area contributed by atoms with Gasteiger partial charge in [-0.05, 0) is 0 Å². The topological polar surface area (TPSA) is 71.1 Å². The lowest BCUT2D eigenvalue weighted by Crippen LogP contribution is -2.43. The summed E-state index contributed by atoms with van der Waals surface area (Å²) in [6, 6.07) is 0. The average molecular weight is 266 g/mol. The number of hydrogen-bond donors (Lipinski definition) is 0. The van der Waals surface area contributed by atoms with Crippen LogP contribution in [0.4, 0.5) is 4.20 Å². The van der Waals surface area contributed by atoms with Gasteiger partial charge in [0.25, 0.3) is 0 Å². The van der Waals surface area contributed by atoms with Gasteiger partial charge in [-0.2, -0.15) is 0 Å². The van der Waals surface area contributed by atoms with Crippen LogP contribution in [0.2, 0.25) is 0 Å². The molecule has 4 atom stereocenters. The molecule has 10 heteroatoms. The molecular weight excluding hydrogens is 260 g/mol. The Balaban J connectivity index is 2.09. The minimum atomic E-state index is -4.51. The fourth-order valence-corrected chi connectivity index (χ4v) is 3.41. The van der Waals surface area contributed by atoms with Crippen LogP contribution >= 0.6 is 26.1 Å². The smallest absolute Gasteiger partial charge is 0.294 e. The first-order chi connectivity index (χ1) is 6.38. The summed E-state index contributed by atoms with van der Waals surface area (Å²) in [5.74, 6) is 0. The molecule has 0 aromatic rings. The summed E-state index contributed by atoms with van der Waals surface area (Å²) in [7, 11) is -4.51. The number of fused-ring (bicyclic) bond motifs is 1. The Labute approximate surface area is 83.6 Å². The summed E-state index contributed by atoms with van der Waals surface area (Å²) < 4.78 is 52.5. The van der Waals surface area contributed by atoms with Gasteiger partial charge in [0.2, 0.25) is 0 Å². The van der Waals surface area contributed by atoms with Crippen LogP contribution in [0.3, 0.4) is 0 Å². The van der Waals surface area contributed by atoms with Gasteiger partial charge in [0.15, 0.2) is 0 Å². The van der Waals surface area contributed by atoms with E-state index in [2.05, 4.69) is 13.6 Å². The molecule has 4 unspecified atom stereocenters. The fraction of sp³-hybridized carbons (Fsp3) is 1.00. The molecule has 0 spiro atoms. The van der Waals surface area contributed by atoms with Gasteiger partial charge in [-0.3, -0.25) is 18.1 Å². The van der Waals surface area contributed by atoms with Gasteiger partial charge < -0.3 is 0 Å². The first-order valence-corrected chi connectivity index (χ1v) is 7.51. The highest BCUT2D eigenvalue weighted by atomic mass is 35.7. The first kappa shape index (κ1) is 11.0. The maximum absolute atomic E-state index is 12.7. The van der Waals surface area contributed by atoms with Crippen LogP contribution in [-0.2, 0) is 27.2 Å². The van der Waals surface area contributed by atoms with Crippen LogP contribution in [0.15, 0.2) is 0 Å². The first-order valence-electron chi connectivity index (χ1n) is 3.63. The highest BCUT2D eigenvalue weighted by Gasteiger charge is 2.47. The quantitative estimate of drug-likeness (QED) is 0.626. The lowest BCUT2D eigenvalue weighted by molar-refractivity contribution is -0.0798. The molecule has 2 aliphatic rings. The second-order valence-corrected chi connectivity index (χ2v) is 6.64. The van der Waals surface area contributed by atoms with Crippen molar-refractivity contribution in [3.05, 3.63) is 0 Å². The van der Waals surface area contributed by atoms with Crippen LogP contribution in [0.25, 0.3) is 0 Å². The van der Waals surface area contributed by atoms with Crippen LogP contribution in [0.5, 0.6) is 0 Å². The third-order valence-corrected chi connectivity index (χ3v) is 4.22. The molecule has 0 amide bonds. The SMILES string of the molecule is O=P1(F)OCC2OP(=O)(Cl)OCC2O1. The molecular formula is C4H6ClFO6P2. The molecule has 2 aliphatic heterocycles. The third kappa shape index (κ3) is 2.36. The van der Waals surface area contributed by atoms with E-state index in [-0.39, 0.29) is 13.2 Å². The van der Waals surface area contributed by atoms with Gasteiger partial charge in [-0.15, -0.1) is 4.20 Å². The second kappa shape index (κ2) is 3.52. The average Bonchev–Trinajstić information content (AvgIpc) is 2.04. The summed E-state index contributed by atoms with van der Waals surface area (Å²) in [5.41, 5.74) is 0. The van der Waals surface area contributed by atoms with Gasteiger partial charge in [0.1, 0.15) is 12.2 Å². The van der Waals surface area contributed by atoms with E-state index >= 15 is 0 Å². The molecule has 2 rings (SSSR count). The molecule has 6 nitrogen and oxygen atoms in total. The van der Waals surface area contributed by atoms with Crippen molar-refractivity contribution < 1.29 is 31.4 Å². The lowest BCUT2D eigenvalue weighted by Gasteiger charge is -2.36. The van der Waals surface area contributed by atoms with Crippen molar-refractivity contribution in [1.82, 2.24) is 0 Å². The van der Waals surface area contributed by atoms with Crippen molar-refractivity contribution in [1.29, 1.82) is 0 Å². The Morgan fingerprint density at radius 1 is 1.14 bits per heavy atom. The molecule has 0 aliphatic carbocycles. The van der Waals surface area contributed by atoms with Crippen molar-refractivity contribution in [3.63, 3.8) is 0 Å². The molecule has 0 aromatic heterocycles. The number of halogens is 2. The predicted molar refractivity (Wildman–Crippen MR) is 43.8 cm³/mol. The summed E-state index contributed by atoms with van der Waals surface area (Å²) in [6.07, 6.45) is -1.72. The zero-order chi connectivity index (χ0) is 10.4. The highest BCUT2D eigenvalue weighted by molar-refractivity contribution is 7.81. The Bertz CT molecular complexity index is 304. The van der Waals surface area contributed by atoms with Gasteiger partial charge in [0, 0.05) is 11.2 Å². The van der Waals surface area contributed by atoms with Crippen LogP contribution in [-0.4, -0.2) is 25.4 Å². The van der Waals surface area contributed by atoms with Crippen LogP contribution in [0, 0.1) is 0 Å². The van der Waals surface area contributed by atoms with Gasteiger partial charge in [-0.25, -0.2) is 9.13 Å². The Morgan fingerprint density at radius 3 is 2.43 bits per heavy atom. The van der Waals surface area contributed by atoms with Crippen molar-refractivity contribution in [3.8, 4) is 0 Å². The summed E-state index contributed by atoms with van der Waals surface area (Å²) in [6.45, 7) is -4.17. The maximum atomic E-state index is 12.7. The van der Waals surface area contributed by atoms with Crippen molar-refractivity contribution in [2.24, 2.45) is 0 Å². The Hall–Kier alpha value is 0.520. The van der Waals surface area contributed by atoms with E-state index in [1.54, 1.807) is 0 Å². The number of rotatable bonds is 0. The van der Waals surface area contributed by atoms with Crippen molar-refractivity contribution in [2.45, 2.75) is 12.2 Å². The molecule has 0 radical (unpaired) electrons. The monoisotopic (exact) mass is 266 g/mol. The minimum Gasteiger partial charge on any atom is -0.294 e.